The lowest BCUT2D eigenvalue weighted by molar-refractivity contribution is -0.123. The van der Waals surface area contributed by atoms with Crippen molar-refractivity contribution in [3.05, 3.63) is 35.4 Å². The standard InChI is InChI=1S/C20H31N3O3S/c1-14(2)23-27(25,26)13-17-9-4-3-8-16(17)12-21-20(24)19-11-15-7-5-6-10-18(15)22-19/h3-4,8-9,14-15,18-19,22-23H,5-7,10-13H2,1-2H3,(H,21,24). The number of nitrogens with one attached hydrogen (secondary N) is 3. The molecule has 7 heteroatoms. The van der Waals surface area contributed by atoms with E-state index in [1.165, 1.54) is 19.3 Å². The zero-order valence-electron chi connectivity index (χ0n) is 16.2. The summed E-state index contributed by atoms with van der Waals surface area (Å²) in [7, 11) is -3.40. The smallest absolute Gasteiger partial charge is 0.237 e. The van der Waals surface area contributed by atoms with Gasteiger partial charge in [-0.05, 0) is 50.2 Å². The molecule has 6 nitrogen and oxygen atoms in total. The van der Waals surface area contributed by atoms with Gasteiger partial charge in [-0.3, -0.25) is 4.79 Å². The first-order valence-corrected chi connectivity index (χ1v) is 11.6. The van der Waals surface area contributed by atoms with E-state index in [-0.39, 0.29) is 23.7 Å². The van der Waals surface area contributed by atoms with Gasteiger partial charge >= 0.3 is 0 Å². The van der Waals surface area contributed by atoms with Gasteiger partial charge in [0, 0.05) is 18.6 Å². The topological polar surface area (TPSA) is 87.3 Å². The summed E-state index contributed by atoms with van der Waals surface area (Å²) in [5.74, 6) is 0.555. The van der Waals surface area contributed by atoms with Gasteiger partial charge in [0.15, 0.2) is 0 Å². The zero-order chi connectivity index (χ0) is 19.4. The van der Waals surface area contributed by atoms with Gasteiger partial charge in [0.2, 0.25) is 15.9 Å². The van der Waals surface area contributed by atoms with Crippen LogP contribution in [0.15, 0.2) is 24.3 Å². The third-order valence-corrected chi connectivity index (χ3v) is 7.03. The summed E-state index contributed by atoms with van der Waals surface area (Å²) in [6.07, 6.45) is 5.80. The maximum absolute atomic E-state index is 12.6. The molecule has 1 saturated heterocycles. The highest BCUT2D eigenvalue weighted by Gasteiger charge is 2.38. The lowest BCUT2D eigenvalue weighted by Crippen LogP contribution is -2.43. The number of carbonyl (C=O) groups is 1. The van der Waals surface area contributed by atoms with Crippen LogP contribution in [-0.2, 0) is 27.1 Å². The molecule has 0 aromatic heterocycles. The molecule has 3 N–H and O–H groups in total. The first-order valence-electron chi connectivity index (χ1n) is 9.94. The summed E-state index contributed by atoms with van der Waals surface area (Å²) < 4.78 is 27.1. The lowest BCUT2D eigenvalue weighted by atomic mass is 9.85. The number of hydrogen-bond acceptors (Lipinski definition) is 4. The van der Waals surface area contributed by atoms with Crippen molar-refractivity contribution in [2.75, 3.05) is 0 Å². The van der Waals surface area contributed by atoms with Crippen LogP contribution in [0.25, 0.3) is 0 Å². The first kappa shape index (κ1) is 20.3. The van der Waals surface area contributed by atoms with Crippen LogP contribution < -0.4 is 15.4 Å². The van der Waals surface area contributed by atoms with Crippen LogP contribution in [0.2, 0.25) is 0 Å². The third kappa shape index (κ3) is 5.53. The lowest BCUT2D eigenvalue weighted by Gasteiger charge is -2.24. The van der Waals surface area contributed by atoms with Crippen LogP contribution in [0.3, 0.4) is 0 Å². The van der Waals surface area contributed by atoms with Crippen LogP contribution in [-0.4, -0.2) is 32.5 Å². The first-order chi connectivity index (χ1) is 12.8. The van der Waals surface area contributed by atoms with Crippen LogP contribution in [0.1, 0.15) is 57.1 Å². The molecule has 1 heterocycles. The number of fused-ring (bicyclic) bond motifs is 1. The quantitative estimate of drug-likeness (QED) is 0.662. The molecule has 3 unspecified atom stereocenters. The minimum atomic E-state index is -3.40. The van der Waals surface area contributed by atoms with E-state index in [0.717, 1.165) is 24.0 Å². The van der Waals surface area contributed by atoms with E-state index in [1.807, 2.05) is 24.3 Å². The van der Waals surface area contributed by atoms with Crippen molar-refractivity contribution in [3.63, 3.8) is 0 Å². The number of benzene rings is 1. The number of rotatable bonds is 7. The Kier molecular flexibility index (Phi) is 6.55. The molecule has 3 atom stereocenters. The van der Waals surface area contributed by atoms with Crippen LogP contribution in [0.4, 0.5) is 0 Å². The summed E-state index contributed by atoms with van der Waals surface area (Å²) in [5.41, 5.74) is 1.56. The van der Waals surface area contributed by atoms with Crippen molar-refractivity contribution in [3.8, 4) is 0 Å². The molecule has 2 aliphatic rings. The Labute approximate surface area is 162 Å². The average Bonchev–Trinajstić information content (AvgIpc) is 3.03. The van der Waals surface area contributed by atoms with E-state index in [9.17, 15) is 13.2 Å². The highest BCUT2D eigenvalue weighted by Crippen LogP contribution is 2.33. The molecular formula is C20H31N3O3S. The second-order valence-corrected chi connectivity index (χ2v) is 9.88. The Balaban J connectivity index is 1.59. The molecule has 1 aromatic carbocycles. The average molecular weight is 394 g/mol. The van der Waals surface area contributed by atoms with Gasteiger partial charge in [-0.2, -0.15) is 0 Å². The molecule has 2 fully saturated rings. The van der Waals surface area contributed by atoms with Crippen molar-refractivity contribution in [1.82, 2.24) is 15.4 Å². The number of sulfonamides is 1. The second-order valence-electron chi connectivity index (χ2n) is 8.12. The van der Waals surface area contributed by atoms with E-state index in [4.69, 9.17) is 0 Å². The van der Waals surface area contributed by atoms with Gasteiger partial charge in [0.05, 0.1) is 11.8 Å². The maximum Gasteiger partial charge on any atom is 0.237 e. The Morgan fingerprint density at radius 1 is 1.19 bits per heavy atom. The van der Waals surface area contributed by atoms with Gasteiger partial charge in [-0.1, -0.05) is 37.1 Å². The van der Waals surface area contributed by atoms with Crippen molar-refractivity contribution >= 4 is 15.9 Å². The summed E-state index contributed by atoms with van der Waals surface area (Å²) in [6.45, 7) is 3.95. The fraction of sp³-hybridized carbons (Fsp3) is 0.650. The molecule has 3 rings (SSSR count). The van der Waals surface area contributed by atoms with Crippen molar-refractivity contribution < 1.29 is 13.2 Å². The van der Waals surface area contributed by atoms with Gasteiger partial charge < -0.3 is 10.6 Å². The molecule has 1 saturated carbocycles. The largest absolute Gasteiger partial charge is 0.351 e. The third-order valence-electron chi connectivity index (χ3n) is 5.51. The molecule has 0 radical (unpaired) electrons. The summed E-state index contributed by atoms with van der Waals surface area (Å²) in [5, 5.41) is 6.49. The zero-order valence-corrected chi connectivity index (χ0v) is 17.0. The Bertz CT molecular complexity index is 749. The summed E-state index contributed by atoms with van der Waals surface area (Å²) >= 11 is 0. The van der Waals surface area contributed by atoms with E-state index in [0.29, 0.717) is 18.5 Å². The number of carbonyl (C=O) groups excluding carboxylic acids is 1. The van der Waals surface area contributed by atoms with E-state index < -0.39 is 10.0 Å². The minimum Gasteiger partial charge on any atom is -0.351 e. The Morgan fingerprint density at radius 3 is 2.59 bits per heavy atom. The van der Waals surface area contributed by atoms with Gasteiger partial charge in [-0.15, -0.1) is 0 Å². The van der Waals surface area contributed by atoms with E-state index in [2.05, 4.69) is 15.4 Å². The van der Waals surface area contributed by atoms with E-state index >= 15 is 0 Å². The number of hydrogen-bond donors (Lipinski definition) is 3. The number of amides is 1. The fourth-order valence-corrected chi connectivity index (χ4v) is 5.80. The predicted molar refractivity (Wildman–Crippen MR) is 106 cm³/mol. The molecule has 0 spiro atoms. The van der Waals surface area contributed by atoms with Gasteiger partial charge in [0.25, 0.3) is 0 Å². The molecule has 1 aliphatic heterocycles. The normalized spacial score (nSPS) is 25.4. The maximum atomic E-state index is 12.6. The molecule has 1 amide bonds. The Hall–Kier alpha value is -1.44. The SMILES string of the molecule is CC(C)NS(=O)(=O)Cc1ccccc1CNC(=O)C1CC2CCCCC2N1. The molecule has 150 valence electrons. The molecule has 1 aliphatic carbocycles. The van der Waals surface area contributed by atoms with Crippen LogP contribution >= 0.6 is 0 Å². The van der Waals surface area contributed by atoms with Crippen molar-refractivity contribution in [1.29, 1.82) is 0 Å². The van der Waals surface area contributed by atoms with E-state index in [1.54, 1.807) is 13.8 Å². The molecular weight excluding hydrogens is 362 g/mol. The van der Waals surface area contributed by atoms with Gasteiger partial charge in [0.1, 0.15) is 0 Å². The molecule has 27 heavy (non-hydrogen) atoms. The fourth-order valence-electron chi connectivity index (χ4n) is 4.30. The van der Waals surface area contributed by atoms with Crippen LogP contribution in [0, 0.1) is 5.92 Å². The summed E-state index contributed by atoms with van der Waals surface area (Å²) in [6, 6.07) is 7.60. The second kappa shape index (κ2) is 8.71. The molecule has 1 aromatic rings. The predicted octanol–water partition coefficient (Wildman–Crippen LogP) is 2.05. The monoisotopic (exact) mass is 393 g/mol. The Morgan fingerprint density at radius 2 is 1.89 bits per heavy atom. The summed E-state index contributed by atoms with van der Waals surface area (Å²) in [4.78, 5) is 12.6. The highest BCUT2D eigenvalue weighted by molar-refractivity contribution is 7.88. The minimum absolute atomic E-state index is 0.0161. The highest BCUT2D eigenvalue weighted by atomic mass is 32.2. The molecule has 0 bridgehead atoms. The van der Waals surface area contributed by atoms with Crippen molar-refractivity contribution in [2.45, 2.75) is 76.4 Å². The van der Waals surface area contributed by atoms with Crippen molar-refractivity contribution in [2.24, 2.45) is 5.92 Å². The van der Waals surface area contributed by atoms with Crippen LogP contribution in [0.5, 0.6) is 0 Å². The van der Waals surface area contributed by atoms with Gasteiger partial charge in [-0.25, -0.2) is 13.1 Å².